The van der Waals surface area contributed by atoms with E-state index in [4.69, 9.17) is 28.4 Å². The molecule has 0 aromatic carbocycles. The quantitative estimate of drug-likeness (QED) is 0.749. The van der Waals surface area contributed by atoms with Gasteiger partial charge in [-0.1, -0.05) is 0 Å². The van der Waals surface area contributed by atoms with E-state index in [0.29, 0.717) is 6.61 Å². The van der Waals surface area contributed by atoms with Gasteiger partial charge in [0.2, 0.25) is 0 Å². The third kappa shape index (κ3) is 2.41. The van der Waals surface area contributed by atoms with E-state index in [2.05, 4.69) is 0 Å². The second-order valence-electron chi connectivity index (χ2n) is 6.14. The lowest BCUT2D eigenvalue weighted by Gasteiger charge is -2.28. The Labute approximate surface area is 113 Å². The van der Waals surface area contributed by atoms with Crippen LogP contribution in [0, 0.1) is 0 Å². The van der Waals surface area contributed by atoms with E-state index in [1.54, 1.807) is 7.11 Å². The van der Waals surface area contributed by atoms with Crippen LogP contribution in [-0.4, -0.2) is 56.0 Å². The van der Waals surface area contributed by atoms with Crippen LogP contribution in [0.3, 0.4) is 0 Å². The lowest BCUT2D eigenvalue weighted by atomic mass is 10.1. The zero-order valence-electron chi connectivity index (χ0n) is 12.0. The Morgan fingerprint density at radius 1 is 0.947 bits per heavy atom. The smallest absolute Gasteiger partial charge is 0.190 e. The molecule has 6 heteroatoms. The summed E-state index contributed by atoms with van der Waals surface area (Å²) in [5.41, 5.74) is 0. The van der Waals surface area contributed by atoms with Crippen molar-refractivity contribution >= 4 is 0 Å². The van der Waals surface area contributed by atoms with Gasteiger partial charge in [0.05, 0.1) is 6.61 Å². The van der Waals surface area contributed by atoms with Crippen LogP contribution in [0.15, 0.2) is 0 Å². The van der Waals surface area contributed by atoms with Gasteiger partial charge in [-0.05, 0) is 27.7 Å². The number of methoxy groups -OCH3 is 1. The average molecular weight is 274 g/mol. The molecule has 5 atom stereocenters. The number of ether oxygens (including phenoxy) is 6. The predicted molar refractivity (Wildman–Crippen MR) is 64.4 cm³/mol. The Bertz CT molecular complexity index is 355. The Morgan fingerprint density at radius 3 is 2.26 bits per heavy atom. The molecule has 0 aromatic rings. The topological polar surface area (TPSA) is 55.4 Å². The van der Waals surface area contributed by atoms with Crippen LogP contribution in [0.1, 0.15) is 27.7 Å². The van der Waals surface area contributed by atoms with E-state index in [9.17, 15) is 0 Å². The van der Waals surface area contributed by atoms with Crippen LogP contribution in [0.5, 0.6) is 0 Å². The third-order valence-corrected chi connectivity index (χ3v) is 3.70. The molecular formula is C13H22O6. The number of hydrogen-bond acceptors (Lipinski definition) is 6. The fourth-order valence-corrected chi connectivity index (χ4v) is 2.95. The van der Waals surface area contributed by atoms with E-state index in [1.165, 1.54) is 0 Å². The first-order chi connectivity index (χ1) is 8.81. The summed E-state index contributed by atoms with van der Waals surface area (Å²) in [7, 11) is 1.65. The highest BCUT2D eigenvalue weighted by Gasteiger charge is 2.58. The van der Waals surface area contributed by atoms with E-state index < -0.39 is 17.9 Å². The molecule has 3 fully saturated rings. The highest BCUT2D eigenvalue weighted by molar-refractivity contribution is 4.98. The number of hydrogen-bond donors (Lipinski definition) is 0. The minimum Gasteiger partial charge on any atom is -0.376 e. The van der Waals surface area contributed by atoms with Crippen LogP contribution in [0.2, 0.25) is 0 Å². The zero-order valence-corrected chi connectivity index (χ0v) is 12.0. The van der Waals surface area contributed by atoms with Gasteiger partial charge in [-0.3, -0.25) is 0 Å². The number of fused-ring (bicyclic) bond motifs is 1. The SMILES string of the molecule is CO[C@@H]1C2OC(C)(C)OC2O[C@@H]1[C@H]1COC(C)(C)O1. The molecule has 0 bridgehead atoms. The molecule has 3 aliphatic rings. The normalized spacial score (nSPS) is 47.5. The minimum absolute atomic E-state index is 0.166. The molecule has 19 heavy (non-hydrogen) atoms. The molecule has 3 aliphatic heterocycles. The van der Waals surface area contributed by atoms with Crippen LogP contribution < -0.4 is 0 Å². The molecule has 0 amide bonds. The van der Waals surface area contributed by atoms with Crippen molar-refractivity contribution in [2.45, 2.75) is 70.0 Å². The van der Waals surface area contributed by atoms with Gasteiger partial charge in [-0.2, -0.15) is 0 Å². The third-order valence-electron chi connectivity index (χ3n) is 3.70. The summed E-state index contributed by atoms with van der Waals surface area (Å²) in [5, 5.41) is 0. The van der Waals surface area contributed by atoms with E-state index in [-0.39, 0.29) is 24.4 Å². The van der Waals surface area contributed by atoms with Crippen LogP contribution in [0.25, 0.3) is 0 Å². The molecule has 3 saturated heterocycles. The summed E-state index contributed by atoms with van der Waals surface area (Å²) in [6.45, 7) is 8.01. The van der Waals surface area contributed by atoms with Crippen LogP contribution >= 0.6 is 0 Å². The summed E-state index contributed by atoms with van der Waals surface area (Å²) in [6.07, 6.45) is -1.25. The summed E-state index contributed by atoms with van der Waals surface area (Å²) < 4.78 is 34.5. The molecule has 0 aromatic heterocycles. The maximum Gasteiger partial charge on any atom is 0.190 e. The monoisotopic (exact) mass is 274 g/mol. The first-order valence-electron chi connectivity index (χ1n) is 6.67. The molecule has 3 heterocycles. The zero-order chi connectivity index (χ0) is 13.8. The summed E-state index contributed by atoms with van der Waals surface area (Å²) in [6, 6.07) is 0. The van der Waals surface area contributed by atoms with Crippen molar-refractivity contribution in [3.63, 3.8) is 0 Å². The molecule has 0 saturated carbocycles. The van der Waals surface area contributed by atoms with Crippen LogP contribution in [-0.2, 0) is 28.4 Å². The molecule has 2 unspecified atom stereocenters. The van der Waals surface area contributed by atoms with Gasteiger partial charge in [-0.25, -0.2) is 0 Å². The second kappa shape index (κ2) is 4.38. The van der Waals surface area contributed by atoms with Gasteiger partial charge in [-0.15, -0.1) is 0 Å². The lowest BCUT2D eigenvalue weighted by molar-refractivity contribution is -0.234. The second-order valence-corrected chi connectivity index (χ2v) is 6.14. The van der Waals surface area contributed by atoms with Crippen molar-refractivity contribution in [1.82, 2.24) is 0 Å². The highest BCUT2D eigenvalue weighted by atomic mass is 16.8. The molecule has 3 rings (SSSR count). The molecule has 0 aliphatic carbocycles. The van der Waals surface area contributed by atoms with Crippen LogP contribution in [0.4, 0.5) is 0 Å². The Kier molecular flexibility index (Phi) is 3.16. The first-order valence-corrected chi connectivity index (χ1v) is 6.67. The van der Waals surface area contributed by atoms with Gasteiger partial charge in [0.1, 0.15) is 24.4 Å². The predicted octanol–water partition coefficient (Wildman–Crippen LogP) is 1.03. The van der Waals surface area contributed by atoms with Gasteiger partial charge in [0.15, 0.2) is 17.9 Å². The van der Waals surface area contributed by atoms with E-state index in [1.807, 2.05) is 27.7 Å². The molecule has 6 nitrogen and oxygen atoms in total. The van der Waals surface area contributed by atoms with E-state index >= 15 is 0 Å². The van der Waals surface area contributed by atoms with Crippen molar-refractivity contribution in [2.75, 3.05) is 13.7 Å². The molecule has 110 valence electrons. The maximum absolute atomic E-state index is 5.92. The first kappa shape index (κ1) is 13.7. The molecule has 0 radical (unpaired) electrons. The minimum atomic E-state index is -0.636. The largest absolute Gasteiger partial charge is 0.376 e. The van der Waals surface area contributed by atoms with Crippen molar-refractivity contribution in [2.24, 2.45) is 0 Å². The maximum atomic E-state index is 5.92. The van der Waals surface area contributed by atoms with Crippen molar-refractivity contribution in [1.29, 1.82) is 0 Å². The standard InChI is InChI=1S/C13H22O6/c1-12(2)15-6-7(17-12)8-9(14-5)10-11(16-8)19-13(3,4)18-10/h7-11H,6H2,1-5H3/t7-,8-,9+,10?,11?/m1/s1. The highest BCUT2D eigenvalue weighted by Crippen LogP contribution is 2.41. The summed E-state index contributed by atoms with van der Waals surface area (Å²) >= 11 is 0. The Morgan fingerprint density at radius 2 is 1.68 bits per heavy atom. The van der Waals surface area contributed by atoms with Gasteiger partial charge >= 0.3 is 0 Å². The number of rotatable bonds is 2. The van der Waals surface area contributed by atoms with Gasteiger partial charge in [0.25, 0.3) is 0 Å². The van der Waals surface area contributed by atoms with Gasteiger partial charge < -0.3 is 28.4 Å². The molecule has 0 N–H and O–H groups in total. The van der Waals surface area contributed by atoms with Crippen molar-refractivity contribution < 1.29 is 28.4 Å². The Balaban J connectivity index is 1.72. The summed E-state index contributed by atoms with van der Waals surface area (Å²) in [5.74, 6) is -1.21. The lowest BCUT2D eigenvalue weighted by Crippen LogP contribution is -2.43. The fraction of sp³-hybridized carbons (Fsp3) is 1.00. The van der Waals surface area contributed by atoms with E-state index in [0.717, 1.165) is 0 Å². The van der Waals surface area contributed by atoms with Crippen molar-refractivity contribution in [3.05, 3.63) is 0 Å². The molecule has 0 spiro atoms. The van der Waals surface area contributed by atoms with Gasteiger partial charge in [0, 0.05) is 7.11 Å². The average Bonchev–Trinajstić information content (AvgIpc) is 2.87. The molecular weight excluding hydrogens is 252 g/mol. The Hall–Kier alpha value is -0.240. The van der Waals surface area contributed by atoms with Crippen molar-refractivity contribution in [3.8, 4) is 0 Å². The fourth-order valence-electron chi connectivity index (χ4n) is 2.95. The summed E-state index contributed by atoms with van der Waals surface area (Å²) in [4.78, 5) is 0.